The van der Waals surface area contributed by atoms with Crippen molar-refractivity contribution in [2.75, 3.05) is 33.9 Å². The minimum absolute atomic E-state index is 0. The second-order valence-corrected chi connectivity index (χ2v) is 6.25. The molecule has 2 N–H and O–H groups in total. The molecule has 6 heteroatoms. The number of amides is 1. The van der Waals surface area contributed by atoms with Gasteiger partial charge < -0.3 is 20.1 Å². The molecule has 0 aromatic heterocycles. The quantitative estimate of drug-likeness (QED) is 0.699. The van der Waals surface area contributed by atoms with E-state index in [4.69, 9.17) is 15.2 Å². The van der Waals surface area contributed by atoms with Gasteiger partial charge in [-0.15, -0.1) is 12.4 Å². The van der Waals surface area contributed by atoms with E-state index in [1.807, 2.05) is 31.3 Å². The number of halogens is 1. The topological polar surface area (TPSA) is 64.8 Å². The first-order valence-electron chi connectivity index (χ1n) is 7.59. The number of hydrogen-bond donors (Lipinski definition) is 1. The van der Waals surface area contributed by atoms with Gasteiger partial charge in [-0.05, 0) is 42.6 Å². The third-order valence-corrected chi connectivity index (χ3v) is 3.51. The summed E-state index contributed by atoms with van der Waals surface area (Å²) in [6.45, 7) is 5.87. The summed E-state index contributed by atoms with van der Waals surface area (Å²) in [5.41, 5.74) is 5.64. The molecule has 1 rings (SSSR count). The van der Waals surface area contributed by atoms with E-state index in [1.165, 1.54) is 0 Å². The molecular formula is C17H29ClN2O3. The smallest absolute Gasteiger partial charge is 0.222 e. The Morgan fingerprint density at radius 1 is 1.22 bits per heavy atom. The van der Waals surface area contributed by atoms with Crippen LogP contribution in [0.4, 0.5) is 0 Å². The van der Waals surface area contributed by atoms with Crippen molar-refractivity contribution < 1.29 is 14.3 Å². The standard InChI is InChI=1S/C17H28N2O3.ClH/c1-17(2,12-18)13-19(3)16(20)6-5-11-22-15-9-7-14(21-4)8-10-15;/h7-10H,5-6,11-13,18H2,1-4H3;1H. The molecule has 0 radical (unpaired) electrons. The van der Waals surface area contributed by atoms with Crippen LogP contribution in [0.2, 0.25) is 0 Å². The molecule has 5 nitrogen and oxygen atoms in total. The molecule has 0 atom stereocenters. The number of nitrogens with two attached hydrogens (primary N) is 1. The fourth-order valence-electron chi connectivity index (χ4n) is 2.07. The van der Waals surface area contributed by atoms with Crippen LogP contribution in [0.15, 0.2) is 24.3 Å². The van der Waals surface area contributed by atoms with Crippen LogP contribution in [0.1, 0.15) is 26.7 Å². The van der Waals surface area contributed by atoms with Gasteiger partial charge in [0, 0.05) is 20.0 Å². The second-order valence-electron chi connectivity index (χ2n) is 6.25. The summed E-state index contributed by atoms with van der Waals surface area (Å²) in [4.78, 5) is 13.8. The van der Waals surface area contributed by atoms with E-state index >= 15 is 0 Å². The van der Waals surface area contributed by atoms with E-state index in [1.54, 1.807) is 12.0 Å². The summed E-state index contributed by atoms with van der Waals surface area (Å²) in [5, 5.41) is 0. The van der Waals surface area contributed by atoms with Gasteiger partial charge in [-0.25, -0.2) is 0 Å². The summed E-state index contributed by atoms with van der Waals surface area (Å²) in [5.74, 6) is 1.71. The van der Waals surface area contributed by atoms with Crippen molar-refractivity contribution in [3.63, 3.8) is 0 Å². The summed E-state index contributed by atoms with van der Waals surface area (Å²) >= 11 is 0. The van der Waals surface area contributed by atoms with Gasteiger partial charge in [-0.3, -0.25) is 4.79 Å². The van der Waals surface area contributed by atoms with Crippen molar-refractivity contribution in [2.45, 2.75) is 26.7 Å². The van der Waals surface area contributed by atoms with Crippen LogP contribution in [-0.4, -0.2) is 44.7 Å². The molecule has 0 aliphatic heterocycles. The predicted octanol–water partition coefficient (Wildman–Crippen LogP) is 2.72. The van der Waals surface area contributed by atoms with E-state index in [0.717, 1.165) is 11.5 Å². The number of ether oxygens (including phenoxy) is 2. The summed E-state index contributed by atoms with van der Waals surface area (Å²) in [6.07, 6.45) is 1.17. The van der Waals surface area contributed by atoms with Crippen LogP contribution in [0.25, 0.3) is 0 Å². The maximum Gasteiger partial charge on any atom is 0.222 e. The number of methoxy groups -OCH3 is 1. The molecule has 1 amide bonds. The maximum absolute atomic E-state index is 12.0. The van der Waals surface area contributed by atoms with Crippen molar-refractivity contribution in [3.05, 3.63) is 24.3 Å². The van der Waals surface area contributed by atoms with Gasteiger partial charge in [0.25, 0.3) is 0 Å². The molecule has 0 aliphatic rings. The Hall–Kier alpha value is -1.46. The molecule has 0 bridgehead atoms. The molecule has 0 spiro atoms. The Balaban J connectivity index is 0.00000484. The minimum atomic E-state index is -0.0516. The highest BCUT2D eigenvalue weighted by Gasteiger charge is 2.20. The van der Waals surface area contributed by atoms with E-state index in [0.29, 0.717) is 32.5 Å². The van der Waals surface area contributed by atoms with E-state index in [-0.39, 0.29) is 23.7 Å². The third kappa shape index (κ3) is 8.09. The Labute approximate surface area is 145 Å². The molecule has 0 saturated heterocycles. The largest absolute Gasteiger partial charge is 0.497 e. The van der Waals surface area contributed by atoms with Crippen LogP contribution in [-0.2, 0) is 4.79 Å². The Kier molecular flexibility index (Phi) is 9.68. The Bertz CT molecular complexity index is 463. The van der Waals surface area contributed by atoms with Crippen LogP contribution in [0, 0.1) is 5.41 Å². The van der Waals surface area contributed by atoms with Gasteiger partial charge in [0.05, 0.1) is 13.7 Å². The molecule has 0 aliphatic carbocycles. The molecule has 1 aromatic rings. The molecular weight excluding hydrogens is 316 g/mol. The first-order valence-corrected chi connectivity index (χ1v) is 7.59. The number of carbonyl (C=O) groups is 1. The predicted molar refractivity (Wildman–Crippen MR) is 95.4 cm³/mol. The van der Waals surface area contributed by atoms with Crippen LogP contribution in [0.5, 0.6) is 11.5 Å². The average Bonchev–Trinajstić information content (AvgIpc) is 2.51. The Morgan fingerprint density at radius 3 is 2.30 bits per heavy atom. The number of hydrogen-bond acceptors (Lipinski definition) is 4. The van der Waals surface area contributed by atoms with Gasteiger partial charge in [0.15, 0.2) is 0 Å². The molecule has 132 valence electrons. The van der Waals surface area contributed by atoms with Crippen molar-refractivity contribution in [1.82, 2.24) is 4.90 Å². The van der Waals surface area contributed by atoms with Crippen LogP contribution in [0.3, 0.4) is 0 Å². The lowest BCUT2D eigenvalue weighted by Crippen LogP contribution is -2.39. The highest BCUT2D eigenvalue weighted by molar-refractivity contribution is 5.85. The first-order chi connectivity index (χ1) is 10.4. The zero-order valence-electron chi connectivity index (χ0n) is 14.5. The van der Waals surface area contributed by atoms with E-state index in [2.05, 4.69) is 13.8 Å². The molecule has 1 aromatic carbocycles. The van der Waals surface area contributed by atoms with Crippen molar-refractivity contribution in [3.8, 4) is 11.5 Å². The Morgan fingerprint density at radius 2 is 1.78 bits per heavy atom. The van der Waals surface area contributed by atoms with Gasteiger partial charge in [0.2, 0.25) is 5.91 Å². The van der Waals surface area contributed by atoms with Gasteiger partial charge in [0.1, 0.15) is 11.5 Å². The van der Waals surface area contributed by atoms with E-state index < -0.39 is 0 Å². The summed E-state index contributed by atoms with van der Waals surface area (Å²) in [7, 11) is 3.45. The number of benzene rings is 1. The maximum atomic E-state index is 12.0. The molecule has 0 saturated carbocycles. The number of carbonyl (C=O) groups excluding carboxylic acids is 1. The van der Waals surface area contributed by atoms with E-state index in [9.17, 15) is 4.79 Å². The average molecular weight is 345 g/mol. The van der Waals surface area contributed by atoms with Crippen LogP contribution < -0.4 is 15.2 Å². The fraction of sp³-hybridized carbons (Fsp3) is 0.588. The van der Waals surface area contributed by atoms with Gasteiger partial charge in [-0.1, -0.05) is 13.8 Å². The normalized spacial score (nSPS) is 10.7. The zero-order valence-corrected chi connectivity index (χ0v) is 15.3. The number of nitrogens with zero attached hydrogens (tertiary/aromatic N) is 1. The minimum Gasteiger partial charge on any atom is -0.497 e. The first kappa shape index (κ1) is 21.5. The molecule has 0 unspecified atom stereocenters. The lowest BCUT2D eigenvalue weighted by Gasteiger charge is -2.29. The molecule has 23 heavy (non-hydrogen) atoms. The highest BCUT2D eigenvalue weighted by atomic mass is 35.5. The zero-order chi connectivity index (χ0) is 16.6. The molecule has 0 heterocycles. The summed E-state index contributed by atoms with van der Waals surface area (Å²) < 4.78 is 10.7. The third-order valence-electron chi connectivity index (χ3n) is 3.51. The lowest BCUT2D eigenvalue weighted by molar-refractivity contribution is -0.131. The van der Waals surface area contributed by atoms with Crippen LogP contribution >= 0.6 is 12.4 Å². The van der Waals surface area contributed by atoms with Crippen molar-refractivity contribution in [1.29, 1.82) is 0 Å². The fourth-order valence-corrected chi connectivity index (χ4v) is 2.07. The van der Waals surface area contributed by atoms with Gasteiger partial charge in [-0.2, -0.15) is 0 Å². The number of rotatable bonds is 9. The van der Waals surface area contributed by atoms with Crippen molar-refractivity contribution in [2.24, 2.45) is 11.1 Å². The van der Waals surface area contributed by atoms with Gasteiger partial charge >= 0.3 is 0 Å². The summed E-state index contributed by atoms with van der Waals surface area (Å²) in [6, 6.07) is 7.42. The monoisotopic (exact) mass is 344 g/mol. The molecule has 0 fully saturated rings. The second kappa shape index (κ2) is 10.3. The highest BCUT2D eigenvalue weighted by Crippen LogP contribution is 2.17. The SMILES string of the molecule is COc1ccc(OCCCC(=O)N(C)CC(C)(C)CN)cc1.Cl. The van der Waals surface area contributed by atoms with Crippen molar-refractivity contribution >= 4 is 18.3 Å². The lowest BCUT2D eigenvalue weighted by atomic mass is 9.93.